The predicted molar refractivity (Wildman–Crippen MR) is 92.6 cm³/mol. The SMILES string of the molecule is CCCOCCCCc1ccccc1C(=O)N[C@H](C(N)=O)[C@@H](C)O. The van der Waals surface area contributed by atoms with Crippen LogP contribution in [-0.2, 0) is 16.0 Å². The van der Waals surface area contributed by atoms with Gasteiger partial charge in [-0.1, -0.05) is 25.1 Å². The number of aliphatic hydroxyl groups excluding tert-OH is 1. The molecule has 24 heavy (non-hydrogen) atoms. The van der Waals surface area contributed by atoms with Gasteiger partial charge < -0.3 is 20.9 Å². The summed E-state index contributed by atoms with van der Waals surface area (Å²) >= 11 is 0. The number of carbonyl (C=O) groups is 2. The minimum Gasteiger partial charge on any atom is -0.391 e. The van der Waals surface area contributed by atoms with Gasteiger partial charge in [0.15, 0.2) is 0 Å². The van der Waals surface area contributed by atoms with Crippen molar-refractivity contribution >= 4 is 11.8 Å². The van der Waals surface area contributed by atoms with Crippen LogP contribution in [0.25, 0.3) is 0 Å². The molecular weight excluding hydrogens is 308 g/mol. The molecule has 134 valence electrons. The number of unbranched alkanes of at least 4 members (excludes halogenated alkanes) is 1. The molecule has 4 N–H and O–H groups in total. The molecule has 0 bridgehead atoms. The largest absolute Gasteiger partial charge is 0.391 e. The first kappa shape index (κ1) is 20.1. The molecule has 0 heterocycles. The Morgan fingerprint density at radius 1 is 1.25 bits per heavy atom. The number of hydrogen-bond acceptors (Lipinski definition) is 4. The molecule has 2 amide bonds. The maximum absolute atomic E-state index is 12.4. The number of amides is 2. The lowest BCUT2D eigenvalue weighted by Crippen LogP contribution is -2.50. The lowest BCUT2D eigenvalue weighted by atomic mass is 10.0. The van der Waals surface area contributed by atoms with Gasteiger partial charge in [0.25, 0.3) is 5.91 Å². The molecule has 0 spiro atoms. The number of carbonyl (C=O) groups excluding carboxylic acids is 2. The van der Waals surface area contributed by atoms with Crippen LogP contribution in [0.1, 0.15) is 49.0 Å². The molecule has 0 radical (unpaired) electrons. The molecule has 0 fully saturated rings. The van der Waals surface area contributed by atoms with E-state index in [4.69, 9.17) is 10.5 Å². The van der Waals surface area contributed by atoms with Gasteiger partial charge in [0.1, 0.15) is 6.04 Å². The summed E-state index contributed by atoms with van der Waals surface area (Å²) in [5, 5.41) is 12.1. The zero-order valence-corrected chi connectivity index (χ0v) is 14.5. The van der Waals surface area contributed by atoms with Crippen molar-refractivity contribution in [3.63, 3.8) is 0 Å². The van der Waals surface area contributed by atoms with Crippen LogP contribution in [0.4, 0.5) is 0 Å². The Morgan fingerprint density at radius 3 is 2.58 bits per heavy atom. The van der Waals surface area contributed by atoms with Gasteiger partial charge in [-0.2, -0.15) is 0 Å². The predicted octanol–water partition coefficient (Wildman–Crippen LogP) is 1.40. The molecule has 0 aromatic heterocycles. The summed E-state index contributed by atoms with van der Waals surface area (Å²) in [7, 11) is 0. The average molecular weight is 336 g/mol. The van der Waals surface area contributed by atoms with Crippen molar-refractivity contribution in [2.24, 2.45) is 5.73 Å². The third-order valence-corrected chi connectivity index (χ3v) is 3.67. The van der Waals surface area contributed by atoms with E-state index in [0.29, 0.717) is 12.2 Å². The van der Waals surface area contributed by atoms with Crippen molar-refractivity contribution in [2.75, 3.05) is 13.2 Å². The fraction of sp³-hybridized carbons (Fsp3) is 0.556. The van der Waals surface area contributed by atoms with Crippen molar-refractivity contribution in [2.45, 2.75) is 51.7 Å². The average Bonchev–Trinajstić information content (AvgIpc) is 2.55. The van der Waals surface area contributed by atoms with E-state index < -0.39 is 24.0 Å². The Labute approximate surface area is 143 Å². The van der Waals surface area contributed by atoms with Crippen molar-refractivity contribution < 1.29 is 19.4 Å². The highest BCUT2D eigenvalue weighted by molar-refractivity contribution is 5.98. The molecule has 0 aliphatic carbocycles. The standard InChI is InChI=1S/C18H28N2O4/c1-3-11-24-12-7-6-9-14-8-4-5-10-15(14)18(23)20-16(13(2)21)17(19)22/h4-5,8,10,13,16,21H,3,6-7,9,11-12H2,1-2H3,(H2,19,22)(H,20,23)/t13-,16+/m1/s1. The highest BCUT2D eigenvalue weighted by Crippen LogP contribution is 2.13. The summed E-state index contributed by atoms with van der Waals surface area (Å²) in [5.41, 5.74) is 6.61. The molecule has 0 unspecified atom stereocenters. The minimum absolute atomic E-state index is 0.405. The Hall–Kier alpha value is -1.92. The number of aliphatic hydroxyl groups is 1. The fourth-order valence-electron chi connectivity index (χ4n) is 2.37. The van der Waals surface area contributed by atoms with E-state index in [1.165, 1.54) is 6.92 Å². The molecule has 0 saturated heterocycles. The number of aryl methyl sites for hydroxylation is 1. The second kappa shape index (κ2) is 10.8. The van der Waals surface area contributed by atoms with E-state index in [1.807, 2.05) is 12.1 Å². The lowest BCUT2D eigenvalue weighted by Gasteiger charge is -2.19. The topological polar surface area (TPSA) is 102 Å². The Kier molecular flexibility index (Phi) is 9.04. The summed E-state index contributed by atoms with van der Waals surface area (Å²) in [5.74, 6) is -1.17. The van der Waals surface area contributed by atoms with Gasteiger partial charge in [-0.3, -0.25) is 9.59 Å². The zero-order chi connectivity index (χ0) is 17.9. The number of hydrogen-bond donors (Lipinski definition) is 3. The first-order chi connectivity index (χ1) is 11.5. The Balaban J connectivity index is 2.64. The van der Waals surface area contributed by atoms with Crippen LogP contribution >= 0.6 is 0 Å². The van der Waals surface area contributed by atoms with Gasteiger partial charge >= 0.3 is 0 Å². The molecule has 6 nitrogen and oxygen atoms in total. The van der Waals surface area contributed by atoms with E-state index in [0.717, 1.165) is 37.9 Å². The van der Waals surface area contributed by atoms with Crippen molar-refractivity contribution in [1.82, 2.24) is 5.32 Å². The van der Waals surface area contributed by atoms with Crippen molar-refractivity contribution in [1.29, 1.82) is 0 Å². The van der Waals surface area contributed by atoms with E-state index >= 15 is 0 Å². The minimum atomic E-state index is -1.10. The van der Waals surface area contributed by atoms with Crippen LogP contribution in [0.2, 0.25) is 0 Å². The summed E-state index contributed by atoms with van der Waals surface area (Å²) in [4.78, 5) is 23.7. The monoisotopic (exact) mass is 336 g/mol. The highest BCUT2D eigenvalue weighted by atomic mass is 16.5. The molecule has 1 rings (SSSR count). The lowest BCUT2D eigenvalue weighted by molar-refractivity contribution is -0.122. The molecule has 2 atom stereocenters. The molecular formula is C18H28N2O4. The summed E-state index contributed by atoms with van der Waals surface area (Å²) in [6.07, 6.45) is 2.54. The van der Waals surface area contributed by atoms with Crippen LogP contribution in [-0.4, -0.2) is 42.3 Å². The number of ether oxygens (including phenoxy) is 1. The normalized spacial score (nSPS) is 13.3. The molecule has 6 heteroatoms. The highest BCUT2D eigenvalue weighted by Gasteiger charge is 2.24. The van der Waals surface area contributed by atoms with Crippen LogP contribution in [0.5, 0.6) is 0 Å². The number of nitrogens with one attached hydrogen (secondary N) is 1. The van der Waals surface area contributed by atoms with E-state index in [-0.39, 0.29) is 0 Å². The molecule has 0 aliphatic rings. The molecule has 1 aromatic rings. The van der Waals surface area contributed by atoms with Crippen molar-refractivity contribution in [3.8, 4) is 0 Å². The van der Waals surface area contributed by atoms with Gasteiger partial charge in [-0.15, -0.1) is 0 Å². The van der Waals surface area contributed by atoms with E-state index in [1.54, 1.807) is 12.1 Å². The maximum atomic E-state index is 12.4. The van der Waals surface area contributed by atoms with Crippen LogP contribution in [0.3, 0.4) is 0 Å². The van der Waals surface area contributed by atoms with Gasteiger partial charge in [0, 0.05) is 18.8 Å². The first-order valence-electron chi connectivity index (χ1n) is 8.41. The number of rotatable bonds is 11. The molecule has 1 aromatic carbocycles. The van der Waals surface area contributed by atoms with Gasteiger partial charge in [0.2, 0.25) is 5.91 Å². The number of benzene rings is 1. The van der Waals surface area contributed by atoms with Crippen molar-refractivity contribution in [3.05, 3.63) is 35.4 Å². The smallest absolute Gasteiger partial charge is 0.252 e. The van der Waals surface area contributed by atoms with Gasteiger partial charge in [0.05, 0.1) is 6.10 Å². The molecule has 0 aliphatic heterocycles. The summed E-state index contributed by atoms with van der Waals surface area (Å²) < 4.78 is 5.45. The number of primary amides is 1. The maximum Gasteiger partial charge on any atom is 0.252 e. The zero-order valence-electron chi connectivity index (χ0n) is 14.5. The van der Waals surface area contributed by atoms with Crippen LogP contribution < -0.4 is 11.1 Å². The van der Waals surface area contributed by atoms with Gasteiger partial charge in [-0.25, -0.2) is 0 Å². The summed E-state index contributed by atoms with van der Waals surface area (Å²) in [6.45, 7) is 4.97. The van der Waals surface area contributed by atoms with Gasteiger partial charge in [-0.05, 0) is 44.2 Å². The third kappa shape index (κ3) is 6.68. The Morgan fingerprint density at radius 2 is 1.96 bits per heavy atom. The second-order valence-corrected chi connectivity index (χ2v) is 5.82. The first-order valence-corrected chi connectivity index (χ1v) is 8.41. The van der Waals surface area contributed by atoms with E-state index in [2.05, 4.69) is 12.2 Å². The number of nitrogens with two attached hydrogens (primary N) is 1. The fourth-order valence-corrected chi connectivity index (χ4v) is 2.37. The van der Waals surface area contributed by atoms with E-state index in [9.17, 15) is 14.7 Å². The second-order valence-electron chi connectivity index (χ2n) is 5.82. The quantitative estimate of drug-likeness (QED) is 0.532. The Bertz CT molecular complexity index is 532. The van der Waals surface area contributed by atoms with Crippen LogP contribution in [0.15, 0.2) is 24.3 Å². The summed E-state index contributed by atoms with van der Waals surface area (Å²) in [6, 6.07) is 6.14. The third-order valence-electron chi connectivity index (χ3n) is 3.67. The van der Waals surface area contributed by atoms with Crippen LogP contribution in [0, 0.1) is 0 Å². The molecule has 0 saturated carbocycles.